The monoisotopic (exact) mass is 332 g/mol. The van der Waals surface area contributed by atoms with Gasteiger partial charge in [0.25, 0.3) is 0 Å². The summed E-state index contributed by atoms with van der Waals surface area (Å²) in [7, 11) is -3.69. The van der Waals surface area contributed by atoms with Gasteiger partial charge >= 0.3 is 0 Å². The minimum atomic E-state index is -3.69. The molecule has 0 saturated heterocycles. The number of aryl methyl sites for hydroxylation is 3. The van der Waals surface area contributed by atoms with Crippen molar-refractivity contribution in [2.45, 2.75) is 25.7 Å². The second-order valence-electron chi connectivity index (χ2n) is 5.56. The lowest BCUT2D eigenvalue weighted by atomic mass is 10.1. The molecule has 2 aromatic carbocycles. The summed E-state index contributed by atoms with van der Waals surface area (Å²) >= 11 is 0. The van der Waals surface area contributed by atoms with Crippen molar-refractivity contribution in [3.63, 3.8) is 0 Å². The molecule has 0 heterocycles. The van der Waals surface area contributed by atoms with Crippen LogP contribution in [0.25, 0.3) is 0 Å². The van der Waals surface area contributed by atoms with Gasteiger partial charge < -0.3 is 5.32 Å². The summed E-state index contributed by atoms with van der Waals surface area (Å²) in [6.07, 6.45) is 0. The Balaban J connectivity index is 1.99. The van der Waals surface area contributed by atoms with E-state index < -0.39 is 15.9 Å². The van der Waals surface area contributed by atoms with Gasteiger partial charge in [0.15, 0.2) is 0 Å². The molecule has 0 aromatic heterocycles. The summed E-state index contributed by atoms with van der Waals surface area (Å²) in [6, 6.07) is 12.1. The Morgan fingerprint density at radius 3 is 2.04 bits per heavy atom. The van der Waals surface area contributed by atoms with Crippen LogP contribution in [0.5, 0.6) is 0 Å². The van der Waals surface area contributed by atoms with Gasteiger partial charge in [-0.25, -0.2) is 13.1 Å². The molecule has 2 N–H and O–H groups in total. The fraction of sp³-hybridized carbons (Fsp3) is 0.235. The van der Waals surface area contributed by atoms with Crippen LogP contribution in [0, 0.1) is 20.8 Å². The molecule has 0 aliphatic carbocycles. The largest absolute Gasteiger partial charge is 0.325 e. The van der Waals surface area contributed by atoms with Crippen LogP contribution in [-0.2, 0) is 14.8 Å². The van der Waals surface area contributed by atoms with Gasteiger partial charge in [0.2, 0.25) is 15.9 Å². The van der Waals surface area contributed by atoms with Crippen molar-refractivity contribution in [3.8, 4) is 0 Å². The molecule has 0 radical (unpaired) electrons. The second-order valence-corrected chi connectivity index (χ2v) is 7.33. The van der Waals surface area contributed by atoms with Crippen LogP contribution < -0.4 is 10.0 Å². The van der Waals surface area contributed by atoms with Crippen molar-refractivity contribution < 1.29 is 13.2 Å². The van der Waals surface area contributed by atoms with E-state index in [9.17, 15) is 13.2 Å². The smallest absolute Gasteiger partial charge is 0.241 e. The molecule has 0 atom stereocenters. The molecule has 0 saturated carbocycles. The Labute approximate surface area is 136 Å². The SMILES string of the molecule is Cc1ccc(S(=O)(=O)NCC(=O)Nc2cc(C)cc(C)c2)cc1. The maximum atomic E-state index is 12.1. The molecule has 23 heavy (non-hydrogen) atoms. The number of carbonyl (C=O) groups excluding carboxylic acids is 1. The van der Waals surface area contributed by atoms with Crippen LogP contribution in [0.3, 0.4) is 0 Å². The van der Waals surface area contributed by atoms with E-state index in [0.29, 0.717) is 5.69 Å². The van der Waals surface area contributed by atoms with E-state index in [1.807, 2.05) is 39.0 Å². The van der Waals surface area contributed by atoms with Crippen LogP contribution >= 0.6 is 0 Å². The molecular formula is C17H20N2O3S. The fourth-order valence-corrected chi connectivity index (χ4v) is 3.20. The number of rotatable bonds is 5. The summed E-state index contributed by atoms with van der Waals surface area (Å²) < 4.78 is 26.5. The zero-order valence-corrected chi connectivity index (χ0v) is 14.2. The first-order valence-electron chi connectivity index (χ1n) is 7.21. The molecule has 0 fully saturated rings. The van der Waals surface area contributed by atoms with Crippen molar-refractivity contribution in [2.24, 2.45) is 0 Å². The van der Waals surface area contributed by atoms with E-state index in [4.69, 9.17) is 0 Å². The number of hydrogen-bond donors (Lipinski definition) is 2. The third-order valence-electron chi connectivity index (χ3n) is 3.26. The van der Waals surface area contributed by atoms with Gasteiger partial charge in [0, 0.05) is 5.69 Å². The number of anilines is 1. The molecule has 6 heteroatoms. The summed E-state index contributed by atoms with van der Waals surface area (Å²) in [5.41, 5.74) is 3.68. The zero-order chi connectivity index (χ0) is 17.0. The van der Waals surface area contributed by atoms with Crippen molar-refractivity contribution in [1.29, 1.82) is 0 Å². The van der Waals surface area contributed by atoms with Crippen LogP contribution in [-0.4, -0.2) is 20.9 Å². The number of nitrogens with one attached hydrogen (secondary N) is 2. The Morgan fingerprint density at radius 2 is 1.48 bits per heavy atom. The highest BCUT2D eigenvalue weighted by Gasteiger charge is 2.15. The van der Waals surface area contributed by atoms with Crippen LogP contribution in [0.1, 0.15) is 16.7 Å². The lowest BCUT2D eigenvalue weighted by Crippen LogP contribution is -2.32. The van der Waals surface area contributed by atoms with Crippen molar-refractivity contribution in [1.82, 2.24) is 4.72 Å². The standard InChI is InChI=1S/C17H20N2O3S/c1-12-4-6-16(7-5-12)23(21,22)18-11-17(20)19-15-9-13(2)8-14(3)10-15/h4-10,18H,11H2,1-3H3,(H,19,20). The highest BCUT2D eigenvalue weighted by molar-refractivity contribution is 7.89. The molecule has 0 aliphatic heterocycles. The Hall–Kier alpha value is -2.18. The van der Waals surface area contributed by atoms with E-state index in [0.717, 1.165) is 16.7 Å². The molecular weight excluding hydrogens is 312 g/mol. The van der Waals surface area contributed by atoms with Gasteiger partial charge in [-0.2, -0.15) is 0 Å². The van der Waals surface area contributed by atoms with Crippen molar-refractivity contribution in [3.05, 3.63) is 59.2 Å². The molecule has 0 bridgehead atoms. The summed E-state index contributed by atoms with van der Waals surface area (Å²) in [4.78, 5) is 12.1. The highest BCUT2D eigenvalue weighted by Crippen LogP contribution is 2.14. The van der Waals surface area contributed by atoms with Crippen molar-refractivity contribution >= 4 is 21.6 Å². The Kier molecular flexibility index (Phi) is 5.18. The third kappa shape index (κ3) is 4.91. The lowest BCUT2D eigenvalue weighted by Gasteiger charge is -2.09. The molecule has 2 aromatic rings. The summed E-state index contributed by atoms with van der Waals surface area (Å²) in [5, 5.41) is 2.69. The van der Waals surface area contributed by atoms with Crippen LogP contribution in [0.4, 0.5) is 5.69 Å². The van der Waals surface area contributed by atoms with Gasteiger partial charge in [0.1, 0.15) is 0 Å². The van der Waals surface area contributed by atoms with E-state index in [-0.39, 0.29) is 11.4 Å². The van der Waals surface area contributed by atoms with E-state index in [2.05, 4.69) is 10.0 Å². The number of hydrogen-bond acceptors (Lipinski definition) is 3. The predicted octanol–water partition coefficient (Wildman–Crippen LogP) is 2.53. The summed E-state index contributed by atoms with van der Waals surface area (Å²) in [6.45, 7) is 5.43. The van der Waals surface area contributed by atoms with E-state index in [1.165, 1.54) is 12.1 Å². The average Bonchev–Trinajstić information content (AvgIpc) is 2.44. The van der Waals surface area contributed by atoms with E-state index in [1.54, 1.807) is 12.1 Å². The normalized spacial score (nSPS) is 11.3. The second kappa shape index (κ2) is 6.93. The number of benzene rings is 2. The predicted molar refractivity (Wildman–Crippen MR) is 90.9 cm³/mol. The third-order valence-corrected chi connectivity index (χ3v) is 4.68. The number of sulfonamides is 1. The fourth-order valence-electron chi connectivity index (χ4n) is 2.21. The molecule has 122 valence electrons. The average molecular weight is 332 g/mol. The first-order valence-corrected chi connectivity index (χ1v) is 8.69. The molecule has 2 rings (SSSR count). The first-order chi connectivity index (χ1) is 10.8. The molecule has 5 nitrogen and oxygen atoms in total. The summed E-state index contributed by atoms with van der Waals surface area (Å²) in [5.74, 6) is -0.411. The molecule has 0 aliphatic rings. The highest BCUT2D eigenvalue weighted by atomic mass is 32.2. The van der Waals surface area contributed by atoms with Crippen molar-refractivity contribution in [2.75, 3.05) is 11.9 Å². The topological polar surface area (TPSA) is 75.3 Å². The molecule has 0 unspecified atom stereocenters. The first kappa shape index (κ1) is 17.2. The van der Waals surface area contributed by atoms with Gasteiger partial charge in [-0.15, -0.1) is 0 Å². The Bertz CT molecular complexity index is 792. The molecule has 0 spiro atoms. The lowest BCUT2D eigenvalue weighted by molar-refractivity contribution is -0.115. The van der Waals surface area contributed by atoms with Crippen LogP contribution in [0.2, 0.25) is 0 Å². The van der Waals surface area contributed by atoms with Gasteiger partial charge in [0.05, 0.1) is 11.4 Å². The van der Waals surface area contributed by atoms with E-state index >= 15 is 0 Å². The number of amides is 1. The van der Waals surface area contributed by atoms with Gasteiger partial charge in [-0.05, 0) is 56.2 Å². The minimum Gasteiger partial charge on any atom is -0.325 e. The zero-order valence-electron chi connectivity index (χ0n) is 13.4. The Morgan fingerprint density at radius 1 is 0.913 bits per heavy atom. The maximum absolute atomic E-state index is 12.1. The molecule has 1 amide bonds. The number of carbonyl (C=O) groups is 1. The maximum Gasteiger partial charge on any atom is 0.241 e. The van der Waals surface area contributed by atoms with Gasteiger partial charge in [-0.1, -0.05) is 23.8 Å². The van der Waals surface area contributed by atoms with Crippen LogP contribution in [0.15, 0.2) is 47.4 Å². The minimum absolute atomic E-state index is 0.141. The van der Waals surface area contributed by atoms with Gasteiger partial charge in [-0.3, -0.25) is 4.79 Å². The quantitative estimate of drug-likeness (QED) is 0.883.